The van der Waals surface area contributed by atoms with Crippen LogP contribution >= 0.6 is 24.8 Å². The van der Waals surface area contributed by atoms with E-state index >= 15 is 0 Å². The van der Waals surface area contributed by atoms with Gasteiger partial charge in [-0.3, -0.25) is 4.79 Å². The number of rotatable bonds is 4. The Bertz CT molecular complexity index is 1070. The lowest BCUT2D eigenvalue weighted by molar-refractivity contribution is -0.142. The lowest BCUT2D eigenvalue weighted by Gasteiger charge is -2.47. The Balaban J connectivity index is 0.00000171. The standard InChI is InChI=1S/C24H29N3O6.2ClH/c1-14-16(3-4-17-18(14)12-32-22(17)30)20(28)11-26-8-5-24(6-9-26)23(31)27(10-7-25-24)19-13-33-21(29)15(19)2;;/h3-4,20,25,28H,5-13H2,1-2H3;2*1H/t20-;;/m0../s1. The monoisotopic (exact) mass is 527 g/mol. The van der Waals surface area contributed by atoms with Crippen molar-refractivity contribution in [2.75, 3.05) is 39.3 Å². The molecule has 4 aliphatic heterocycles. The lowest BCUT2D eigenvalue weighted by atomic mass is 9.83. The van der Waals surface area contributed by atoms with Gasteiger partial charge in [0.1, 0.15) is 18.8 Å². The van der Waals surface area contributed by atoms with Crippen LogP contribution < -0.4 is 5.32 Å². The Labute approximate surface area is 216 Å². The maximum Gasteiger partial charge on any atom is 0.338 e. The second kappa shape index (κ2) is 10.4. The molecule has 192 valence electrons. The zero-order valence-corrected chi connectivity index (χ0v) is 21.4. The molecule has 0 aliphatic carbocycles. The smallest absolute Gasteiger partial charge is 0.338 e. The fourth-order valence-corrected chi connectivity index (χ4v) is 5.43. The molecule has 0 saturated carbocycles. The molecule has 1 aromatic carbocycles. The second-order valence-electron chi connectivity index (χ2n) is 9.31. The summed E-state index contributed by atoms with van der Waals surface area (Å²) in [6.07, 6.45) is 0.560. The summed E-state index contributed by atoms with van der Waals surface area (Å²) in [6.45, 7) is 7.01. The first-order valence-electron chi connectivity index (χ1n) is 11.4. The maximum atomic E-state index is 13.4. The molecule has 0 bridgehead atoms. The van der Waals surface area contributed by atoms with Crippen molar-refractivity contribution in [3.05, 3.63) is 45.7 Å². The number of β-amino-alcohol motifs (C(OH)–C–C–N with tert-alkyl or cyclic N) is 1. The normalized spacial score (nSPS) is 22.4. The van der Waals surface area contributed by atoms with Crippen LogP contribution in [0.1, 0.15) is 52.9 Å². The highest BCUT2D eigenvalue weighted by molar-refractivity contribution is 5.95. The summed E-state index contributed by atoms with van der Waals surface area (Å²) in [5.41, 5.74) is 3.67. The molecular formula is C24H31Cl2N3O6. The fraction of sp³-hybridized carbons (Fsp3) is 0.542. The van der Waals surface area contributed by atoms with Crippen molar-refractivity contribution in [3.63, 3.8) is 0 Å². The Morgan fingerprint density at radius 3 is 2.37 bits per heavy atom. The van der Waals surface area contributed by atoms with Crippen LogP contribution in [-0.2, 0) is 25.7 Å². The van der Waals surface area contributed by atoms with Crippen molar-refractivity contribution < 1.29 is 29.0 Å². The van der Waals surface area contributed by atoms with E-state index in [2.05, 4.69) is 10.2 Å². The van der Waals surface area contributed by atoms with Gasteiger partial charge in [-0.2, -0.15) is 0 Å². The predicted molar refractivity (Wildman–Crippen MR) is 132 cm³/mol. The highest BCUT2D eigenvalue weighted by Crippen LogP contribution is 2.33. The zero-order valence-electron chi connectivity index (χ0n) is 19.8. The van der Waals surface area contributed by atoms with E-state index in [4.69, 9.17) is 9.47 Å². The van der Waals surface area contributed by atoms with Crippen LogP contribution in [0.25, 0.3) is 0 Å². The van der Waals surface area contributed by atoms with Gasteiger partial charge in [0.25, 0.3) is 0 Å². The van der Waals surface area contributed by atoms with Gasteiger partial charge in [-0.1, -0.05) is 6.07 Å². The van der Waals surface area contributed by atoms with Gasteiger partial charge in [-0.15, -0.1) is 24.8 Å². The van der Waals surface area contributed by atoms with E-state index in [1.54, 1.807) is 17.9 Å². The zero-order chi connectivity index (χ0) is 23.3. The fourth-order valence-electron chi connectivity index (χ4n) is 5.43. The largest absolute Gasteiger partial charge is 0.457 e. The van der Waals surface area contributed by atoms with Gasteiger partial charge in [0, 0.05) is 38.3 Å². The Morgan fingerprint density at radius 2 is 1.71 bits per heavy atom. The molecule has 4 aliphatic rings. The number of carbonyl (C=O) groups excluding carboxylic acids is 3. The third-order valence-corrected chi connectivity index (χ3v) is 7.57. The van der Waals surface area contributed by atoms with Crippen LogP contribution in [0.5, 0.6) is 0 Å². The van der Waals surface area contributed by atoms with Crippen LogP contribution in [-0.4, -0.2) is 77.6 Å². The van der Waals surface area contributed by atoms with Gasteiger partial charge in [-0.05, 0) is 43.9 Å². The first kappa shape index (κ1) is 27.4. The van der Waals surface area contributed by atoms with Crippen LogP contribution in [0, 0.1) is 6.92 Å². The Morgan fingerprint density at radius 1 is 1.03 bits per heavy atom. The molecule has 2 saturated heterocycles. The average Bonchev–Trinajstić information content (AvgIpc) is 3.35. The number of halogens is 2. The van der Waals surface area contributed by atoms with E-state index in [1.165, 1.54) is 0 Å². The molecule has 2 fully saturated rings. The summed E-state index contributed by atoms with van der Waals surface area (Å²) >= 11 is 0. The minimum atomic E-state index is -0.693. The molecule has 0 radical (unpaired) electrons. The molecule has 0 aromatic heterocycles. The number of benzene rings is 1. The van der Waals surface area contributed by atoms with Gasteiger partial charge in [0.2, 0.25) is 5.91 Å². The van der Waals surface area contributed by atoms with Gasteiger partial charge >= 0.3 is 11.9 Å². The topological polar surface area (TPSA) is 108 Å². The maximum absolute atomic E-state index is 13.4. The van der Waals surface area contributed by atoms with E-state index in [1.807, 2.05) is 13.0 Å². The number of piperazine rings is 1. The van der Waals surface area contributed by atoms with E-state index < -0.39 is 11.6 Å². The van der Waals surface area contributed by atoms with Crippen molar-refractivity contribution in [3.8, 4) is 0 Å². The van der Waals surface area contributed by atoms with Crippen LogP contribution in [0.3, 0.4) is 0 Å². The summed E-state index contributed by atoms with van der Waals surface area (Å²) in [5.74, 6) is -0.665. The molecule has 9 nitrogen and oxygen atoms in total. The van der Waals surface area contributed by atoms with Gasteiger partial charge in [0.15, 0.2) is 0 Å². The van der Waals surface area contributed by atoms with E-state index in [0.29, 0.717) is 62.4 Å². The highest BCUT2D eigenvalue weighted by atomic mass is 35.5. The molecule has 0 unspecified atom stereocenters. The number of nitrogens with zero attached hydrogens (tertiary/aromatic N) is 2. The van der Waals surface area contributed by atoms with Crippen molar-refractivity contribution in [2.24, 2.45) is 0 Å². The number of likely N-dealkylation sites (tertiary alicyclic amines) is 1. The van der Waals surface area contributed by atoms with Crippen molar-refractivity contribution in [1.29, 1.82) is 0 Å². The van der Waals surface area contributed by atoms with Crippen LogP contribution in [0.2, 0.25) is 0 Å². The van der Waals surface area contributed by atoms with Crippen LogP contribution in [0.15, 0.2) is 23.4 Å². The minimum absolute atomic E-state index is 0. The first-order chi connectivity index (χ1) is 15.8. The Hall–Kier alpha value is -2.17. The summed E-state index contributed by atoms with van der Waals surface area (Å²) in [7, 11) is 0. The molecule has 11 heteroatoms. The summed E-state index contributed by atoms with van der Waals surface area (Å²) in [4.78, 5) is 40.9. The number of cyclic esters (lactones) is 2. The summed E-state index contributed by atoms with van der Waals surface area (Å²) in [6, 6.07) is 3.54. The summed E-state index contributed by atoms with van der Waals surface area (Å²) in [5, 5.41) is 14.4. The van der Waals surface area contributed by atoms with Gasteiger partial charge in [0.05, 0.1) is 22.9 Å². The first-order valence-corrected chi connectivity index (χ1v) is 11.4. The second-order valence-corrected chi connectivity index (χ2v) is 9.31. The van der Waals surface area contributed by atoms with E-state index in [0.717, 1.165) is 16.7 Å². The number of ether oxygens (including phenoxy) is 2. The molecular weight excluding hydrogens is 497 g/mol. The van der Waals surface area contributed by atoms with Gasteiger partial charge < -0.3 is 29.7 Å². The number of hydrogen-bond acceptors (Lipinski definition) is 8. The number of aliphatic hydroxyl groups excluding tert-OH is 1. The molecule has 1 amide bonds. The highest BCUT2D eigenvalue weighted by Gasteiger charge is 2.47. The average molecular weight is 528 g/mol. The third-order valence-electron chi connectivity index (χ3n) is 7.57. The SMILES string of the molecule is CC1=C(N2CCNC3(CCN(C[C@H](O)c4ccc5c(c4C)COC5=O)CC3)C2=O)COC1=O.Cl.Cl. The third kappa shape index (κ3) is 4.68. The number of aliphatic hydroxyl groups is 1. The number of carbonyl (C=O) groups is 3. The molecule has 1 spiro atoms. The number of amides is 1. The molecule has 2 N–H and O–H groups in total. The molecule has 35 heavy (non-hydrogen) atoms. The number of fused-ring (bicyclic) bond motifs is 1. The molecule has 1 aromatic rings. The van der Waals surface area contributed by atoms with Gasteiger partial charge in [-0.25, -0.2) is 9.59 Å². The lowest BCUT2D eigenvalue weighted by Crippen LogP contribution is -2.67. The number of esters is 2. The van der Waals surface area contributed by atoms with Crippen LogP contribution in [0.4, 0.5) is 0 Å². The van der Waals surface area contributed by atoms with E-state index in [-0.39, 0.29) is 55.9 Å². The van der Waals surface area contributed by atoms with Crippen molar-refractivity contribution in [1.82, 2.24) is 15.1 Å². The Kier molecular flexibility index (Phi) is 8.18. The molecule has 4 heterocycles. The predicted octanol–water partition coefficient (Wildman–Crippen LogP) is 1.64. The molecule has 5 rings (SSSR count). The minimum Gasteiger partial charge on any atom is -0.457 e. The number of nitrogens with one attached hydrogen (secondary N) is 1. The van der Waals surface area contributed by atoms with Crippen molar-refractivity contribution in [2.45, 2.75) is 44.9 Å². The quantitative estimate of drug-likeness (QED) is 0.569. The molecule has 1 atom stereocenters. The number of piperidine rings is 1. The van der Waals surface area contributed by atoms with E-state index in [9.17, 15) is 19.5 Å². The van der Waals surface area contributed by atoms with Crippen molar-refractivity contribution >= 4 is 42.7 Å². The number of hydrogen-bond donors (Lipinski definition) is 2. The summed E-state index contributed by atoms with van der Waals surface area (Å²) < 4.78 is 10.2.